The number of hydrogen-bond donors (Lipinski definition) is 1. The van der Waals surface area contributed by atoms with Gasteiger partial charge >= 0.3 is 0 Å². The lowest BCUT2D eigenvalue weighted by atomic mass is 9.72. The van der Waals surface area contributed by atoms with E-state index in [2.05, 4.69) is 29.3 Å². The van der Waals surface area contributed by atoms with Crippen molar-refractivity contribution >= 4 is 11.3 Å². The minimum absolute atomic E-state index is 0.268. The molecule has 2 aliphatic rings. The maximum Gasteiger partial charge on any atom is 0.0338 e. The monoisotopic (exact) mass is 292 g/mol. The second-order valence-corrected chi connectivity index (χ2v) is 7.75. The largest absolute Gasteiger partial charge is 0.329 e. The average Bonchev–Trinajstić information content (AvgIpc) is 3.22. The molecule has 0 radical (unpaired) electrons. The van der Waals surface area contributed by atoms with Crippen molar-refractivity contribution in [1.82, 2.24) is 4.90 Å². The molecule has 0 aliphatic heterocycles. The van der Waals surface area contributed by atoms with Crippen LogP contribution in [0.3, 0.4) is 0 Å². The molecule has 0 amide bonds. The molecule has 3 rings (SSSR count). The third kappa shape index (κ3) is 2.95. The van der Waals surface area contributed by atoms with E-state index >= 15 is 0 Å². The zero-order valence-corrected chi connectivity index (χ0v) is 13.5. The third-order valence-electron chi connectivity index (χ3n) is 5.51. The first-order chi connectivity index (χ1) is 9.77. The first-order valence-electron chi connectivity index (χ1n) is 8.25. The van der Waals surface area contributed by atoms with Crippen LogP contribution in [0.1, 0.15) is 50.3 Å². The SMILES string of the molecule is CCN(Cc1cccs1)C1(CN)CCCC(C2CC2)C1. The van der Waals surface area contributed by atoms with E-state index in [9.17, 15) is 0 Å². The van der Waals surface area contributed by atoms with E-state index in [1.165, 1.54) is 43.4 Å². The molecule has 0 spiro atoms. The van der Waals surface area contributed by atoms with E-state index in [1.807, 2.05) is 11.3 Å². The van der Waals surface area contributed by atoms with Crippen LogP contribution in [0.15, 0.2) is 17.5 Å². The van der Waals surface area contributed by atoms with Crippen LogP contribution in [-0.4, -0.2) is 23.5 Å². The normalized spacial score (nSPS) is 30.9. The Morgan fingerprint density at radius 3 is 2.80 bits per heavy atom. The maximum atomic E-state index is 6.29. The van der Waals surface area contributed by atoms with Crippen LogP contribution >= 0.6 is 11.3 Å². The van der Waals surface area contributed by atoms with Gasteiger partial charge in [-0.1, -0.05) is 25.8 Å². The molecule has 2 nitrogen and oxygen atoms in total. The summed E-state index contributed by atoms with van der Waals surface area (Å²) in [4.78, 5) is 4.15. The maximum absolute atomic E-state index is 6.29. The van der Waals surface area contributed by atoms with Gasteiger partial charge in [-0.15, -0.1) is 11.3 Å². The minimum Gasteiger partial charge on any atom is -0.329 e. The van der Waals surface area contributed by atoms with Crippen molar-refractivity contribution in [1.29, 1.82) is 0 Å². The highest BCUT2D eigenvalue weighted by atomic mass is 32.1. The van der Waals surface area contributed by atoms with Crippen LogP contribution in [-0.2, 0) is 6.54 Å². The van der Waals surface area contributed by atoms with Gasteiger partial charge in [0.1, 0.15) is 0 Å². The van der Waals surface area contributed by atoms with E-state index in [1.54, 1.807) is 0 Å². The summed E-state index contributed by atoms with van der Waals surface area (Å²) in [6, 6.07) is 4.43. The first kappa shape index (κ1) is 14.6. The molecule has 0 aromatic carbocycles. The fraction of sp³-hybridized carbons (Fsp3) is 0.765. The van der Waals surface area contributed by atoms with Gasteiger partial charge in [-0.3, -0.25) is 4.90 Å². The average molecular weight is 292 g/mol. The Labute approximate surface area is 127 Å². The van der Waals surface area contributed by atoms with Crippen molar-refractivity contribution in [2.75, 3.05) is 13.1 Å². The summed E-state index contributed by atoms with van der Waals surface area (Å²) in [5.74, 6) is 1.98. The van der Waals surface area contributed by atoms with E-state index in [0.29, 0.717) is 0 Å². The molecule has 2 saturated carbocycles. The molecule has 2 fully saturated rings. The molecular formula is C17H28N2S. The summed E-state index contributed by atoms with van der Waals surface area (Å²) in [6.45, 7) is 5.33. The molecule has 0 bridgehead atoms. The highest BCUT2D eigenvalue weighted by Gasteiger charge is 2.44. The molecular weight excluding hydrogens is 264 g/mol. The standard InChI is InChI=1S/C17H28N2S/c1-2-19(12-16-6-4-10-20-16)17(13-18)9-3-5-15(11-17)14-7-8-14/h4,6,10,14-15H,2-3,5,7-9,11-13,18H2,1H3. The topological polar surface area (TPSA) is 29.3 Å². The van der Waals surface area contributed by atoms with Crippen molar-refractivity contribution in [3.05, 3.63) is 22.4 Å². The van der Waals surface area contributed by atoms with Crippen LogP contribution in [0.25, 0.3) is 0 Å². The van der Waals surface area contributed by atoms with Gasteiger partial charge in [-0.05, 0) is 55.5 Å². The first-order valence-corrected chi connectivity index (χ1v) is 9.13. The second kappa shape index (κ2) is 6.17. The lowest BCUT2D eigenvalue weighted by molar-refractivity contribution is 0.0292. The summed E-state index contributed by atoms with van der Waals surface area (Å²) in [5.41, 5.74) is 6.56. The Kier molecular flexibility index (Phi) is 4.49. The van der Waals surface area contributed by atoms with Gasteiger partial charge in [0.25, 0.3) is 0 Å². The Hall–Kier alpha value is -0.380. The van der Waals surface area contributed by atoms with E-state index < -0.39 is 0 Å². The quantitative estimate of drug-likeness (QED) is 0.862. The number of nitrogens with zero attached hydrogens (tertiary/aromatic N) is 1. The zero-order chi connectivity index (χ0) is 14.0. The number of thiophene rings is 1. The van der Waals surface area contributed by atoms with E-state index in [4.69, 9.17) is 5.73 Å². The van der Waals surface area contributed by atoms with Gasteiger partial charge in [-0.25, -0.2) is 0 Å². The second-order valence-electron chi connectivity index (χ2n) is 6.72. The Bertz CT molecular complexity index is 413. The number of nitrogens with two attached hydrogens (primary N) is 1. The van der Waals surface area contributed by atoms with Gasteiger partial charge < -0.3 is 5.73 Å². The predicted molar refractivity (Wildman–Crippen MR) is 86.9 cm³/mol. The molecule has 2 N–H and O–H groups in total. The molecule has 2 atom stereocenters. The van der Waals surface area contributed by atoms with Gasteiger partial charge in [0.05, 0.1) is 0 Å². The summed E-state index contributed by atoms with van der Waals surface area (Å²) >= 11 is 1.88. The highest BCUT2D eigenvalue weighted by Crippen LogP contribution is 2.48. The number of likely N-dealkylation sites (N-methyl/N-ethyl adjacent to an activating group) is 1. The summed E-state index contributed by atoms with van der Waals surface area (Å²) in [7, 11) is 0. The lowest BCUT2D eigenvalue weighted by Crippen LogP contribution is -2.56. The molecule has 20 heavy (non-hydrogen) atoms. The smallest absolute Gasteiger partial charge is 0.0338 e. The summed E-state index contributed by atoms with van der Waals surface area (Å²) < 4.78 is 0. The van der Waals surface area contributed by atoms with Gasteiger partial charge in [0.2, 0.25) is 0 Å². The Morgan fingerprint density at radius 2 is 2.20 bits per heavy atom. The number of rotatable bonds is 6. The third-order valence-corrected chi connectivity index (χ3v) is 6.37. The Morgan fingerprint density at radius 1 is 1.35 bits per heavy atom. The van der Waals surface area contributed by atoms with E-state index in [0.717, 1.165) is 31.5 Å². The van der Waals surface area contributed by atoms with Crippen molar-refractivity contribution in [2.24, 2.45) is 17.6 Å². The number of hydrogen-bond acceptors (Lipinski definition) is 3. The van der Waals surface area contributed by atoms with Crippen molar-refractivity contribution in [3.8, 4) is 0 Å². The van der Waals surface area contributed by atoms with Crippen LogP contribution in [0.2, 0.25) is 0 Å². The lowest BCUT2D eigenvalue weighted by Gasteiger charge is -2.48. The molecule has 3 heteroatoms. The molecule has 1 heterocycles. The summed E-state index contributed by atoms with van der Waals surface area (Å²) in [5, 5.41) is 2.19. The molecule has 112 valence electrons. The molecule has 1 aromatic heterocycles. The van der Waals surface area contributed by atoms with Crippen molar-refractivity contribution in [3.63, 3.8) is 0 Å². The Balaban J connectivity index is 1.74. The van der Waals surface area contributed by atoms with Crippen molar-refractivity contribution in [2.45, 2.75) is 57.5 Å². The predicted octanol–water partition coefficient (Wildman–Crippen LogP) is 3.87. The van der Waals surface area contributed by atoms with Crippen LogP contribution in [0.5, 0.6) is 0 Å². The van der Waals surface area contributed by atoms with Crippen LogP contribution in [0, 0.1) is 11.8 Å². The molecule has 2 aliphatic carbocycles. The zero-order valence-electron chi connectivity index (χ0n) is 12.7. The molecule has 1 aromatic rings. The minimum atomic E-state index is 0.268. The fourth-order valence-corrected chi connectivity index (χ4v) is 4.88. The molecule has 0 saturated heterocycles. The van der Waals surface area contributed by atoms with E-state index in [-0.39, 0.29) is 5.54 Å². The van der Waals surface area contributed by atoms with Gasteiger partial charge in [0.15, 0.2) is 0 Å². The highest BCUT2D eigenvalue weighted by molar-refractivity contribution is 7.09. The van der Waals surface area contributed by atoms with Crippen LogP contribution in [0.4, 0.5) is 0 Å². The van der Waals surface area contributed by atoms with Gasteiger partial charge in [-0.2, -0.15) is 0 Å². The fourth-order valence-electron chi connectivity index (χ4n) is 4.16. The van der Waals surface area contributed by atoms with Gasteiger partial charge in [0, 0.05) is 23.5 Å². The van der Waals surface area contributed by atoms with Crippen LogP contribution < -0.4 is 5.73 Å². The molecule has 2 unspecified atom stereocenters. The van der Waals surface area contributed by atoms with Crippen molar-refractivity contribution < 1.29 is 0 Å². The summed E-state index contributed by atoms with van der Waals surface area (Å²) in [6.07, 6.45) is 8.41.